The molecule has 8 heteroatoms. The maximum Gasteiger partial charge on any atom is 0.491 e. The highest BCUT2D eigenvalue weighted by Crippen LogP contribution is 2.25. The van der Waals surface area contributed by atoms with Crippen molar-refractivity contribution in [1.82, 2.24) is 0 Å². The molecule has 0 aliphatic carbocycles. The summed E-state index contributed by atoms with van der Waals surface area (Å²) in [5.74, 6) is 0. The van der Waals surface area contributed by atoms with Gasteiger partial charge in [-0.15, -0.1) is 4.91 Å². The number of nitrogens with zero attached hydrogens (tertiary/aromatic N) is 2. The van der Waals surface area contributed by atoms with Crippen LogP contribution in [0.25, 0.3) is 0 Å². The highest BCUT2D eigenvalue weighted by Gasteiger charge is 2.28. The molecule has 2 aromatic carbocycles. The van der Waals surface area contributed by atoms with E-state index in [0.717, 1.165) is 11.1 Å². The van der Waals surface area contributed by atoms with E-state index in [-0.39, 0.29) is 6.54 Å². The molecule has 0 atom stereocenters. The molecule has 5 nitrogen and oxygen atoms in total. The molecule has 1 aliphatic rings. The van der Waals surface area contributed by atoms with Crippen molar-refractivity contribution >= 4 is 41.5 Å². The van der Waals surface area contributed by atoms with Crippen LogP contribution >= 0.6 is 23.2 Å². The zero-order valence-corrected chi connectivity index (χ0v) is 12.9. The van der Waals surface area contributed by atoms with Gasteiger partial charge < -0.3 is 9.68 Å². The number of hydrogen-bond donors (Lipinski definition) is 1. The van der Waals surface area contributed by atoms with E-state index in [9.17, 15) is 9.93 Å². The number of anilines is 1. The predicted octanol–water partition coefficient (Wildman–Crippen LogP) is 2.90. The lowest BCUT2D eigenvalue weighted by atomic mass is 9.79. The Kier molecular flexibility index (Phi) is 4.36. The van der Waals surface area contributed by atoms with Crippen LogP contribution in [0.2, 0.25) is 10.0 Å². The molecule has 1 N–H and O–H groups in total. The Morgan fingerprint density at radius 1 is 1.23 bits per heavy atom. The quantitative estimate of drug-likeness (QED) is 0.529. The van der Waals surface area contributed by atoms with Gasteiger partial charge in [0.2, 0.25) is 0 Å². The second-order valence-electron chi connectivity index (χ2n) is 4.93. The lowest BCUT2D eigenvalue weighted by Gasteiger charge is -2.16. The Labute approximate surface area is 137 Å². The summed E-state index contributed by atoms with van der Waals surface area (Å²) in [6.07, 6.45) is 0. The van der Waals surface area contributed by atoms with E-state index >= 15 is 0 Å². The normalized spacial score (nSPS) is 13.1. The van der Waals surface area contributed by atoms with Crippen molar-refractivity contribution in [2.24, 2.45) is 5.29 Å². The minimum Gasteiger partial charge on any atom is -0.423 e. The lowest BCUT2D eigenvalue weighted by Crippen LogP contribution is -2.29. The zero-order chi connectivity index (χ0) is 15.7. The molecule has 0 fully saturated rings. The van der Waals surface area contributed by atoms with Gasteiger partial charge in [-0.05, 0) is 40.9 Å². The smallest absolute Gasteiger partial charge is 0.423 e. The average Bonchev–Trinajstić information content (AvgIpc) is 2.89. The molecule has 1 aliphatic heterocycles. The van der Waals surface area contributed by atoms with Crippen molar-refractivity contribution in [3.63, 3.8) is 0 Å². The highest BCUT2D eigenvalue weighted by molar-refractivity contribution is 6.61. The fourth-order valence-corrected chi connectivity index (χ4v) is 2.66. The van der Waals surface area contributed by atoms with Gasteiger partial charge in [0.05, 0.1) is 34.2 Å². The fraction of sp³-hybridized carbons (Fsp3) is 0.143. The number of fused-ring (bicyclic) bond motifs is 1. The summed E-state index contributed by atoms with van der Waals surface area (Å²) < 4.78 is 5.14. The first-order chi connectivity index (χ1) is 10.6. The van der Waals surface area contributed by atoms with Gasteiger partial charge in [0.15, 0.2) is 0 Å². The SMILES string of the molecule is O=NN(Cc1ccc(Cl)c(Cl)c1)c1ccc2c(c1)B(O)OC2. The topological polar surface area (TPSA) is 62.1 Å². The van der Waals surface area contributed by atoms with E-state index in [1.807, 2.05) is 6.07 Å². The molecule has 22 heavy (non-hydrogen) atoms. The van der Waals surface area contributed by atoms with Gasteiger partial charge in [0.25, 0.3) is 0 Å². The monoisotopic (exact) mass is 336 g/mol. The number of hydrogen-bond acceptors (Lipinski definition) is 4. The average molecular weight is 337 g/mol. The van der Waals surface area contributed by atoms with Crippen LogP contribution in [-0.2, 0) is 17.8 Å². The van der Waals surface area contributed by atoms with Gasteiger partial charge in [-0.2, -0.15) is 0 Å². The van der Waals surface area contributed by atoms with Gasteiger partial charge in [-0.1, -0.05) is 35.3 Å². The van der Waals surface area contributed by atoms with Crippen molar-refractivity contribution in [2.45, 2.75) is 13.2 Å². The van der Waals surface area contributed by atoms with Gasteiger partial charge >= 0.3 is 7.12 Å². The van der Waals surface area contributed by atoms with Crippen LogP contribution in [0, 0.1) is 4.91 Å². The van der Waals surface area contributed by atoms with E-state index < -0.39 is 7.12 Å². The van der Waals surface area contributed by atoms with Gasteiger partial charge in [-0.3, -0.25) is 0 Å². The Morgan fingerprint density at radius 2 is 2.05 bits per heavy atom. The third kappa shape index (κ3) is 2.96. The molecule has 0 amide bonds. The van der Waals surface area contributed by atoms with E-state index in [0.29, 0.717) is 27.8 Å². The molecular weight excluding hydrogens is 326 g/mol. The maximum atomic E-state index is 11.2. The van der Waals surface area contributed by atoms with E-state index in [4.69, 9.17) is 27.9 Å². The first-order valence-electron chi connectivity index (χ1n) is 6.55. The summed E-state index contributed by atoms with van der Waals surface area (Å²) >= 11 is 11.8. The van der Waals surface area contributed by atoms with E-state index in [1.54, 1.807) is 30.3 Å². The number of benzene rings is 2. The van der Waals surface area contributed by atoms with Crippen LogP contribution in [0.15, 0.2) is 41.7 Å². The van der Waals surface area contributed by atoms with Gasteiger partial charge in [-0.25, -0.2) is 5.01 Å². The zero-order valence-electron chi connectivity index (χ0n) is 11.4. The molecule has 0 bridgehead atoms. The highest BCUT2D eigenvalue weighted by atomic mass is 35.5. The molecule has 0 unspecified atom stereocenters. The van der Waals surface area contributed by atoms with Crippen molar-refractivity contribution in [3.05, 3.63) is 62.5 Å². The Hall–Kier alpha value is -1.60. The summed E-state index contributed by atoms with van der Waals surface area (Å²) in [6.45, 7) is 0.605. The summed E-state index contributed by atoms with van der Waals surface area (Å²) in [5, 5.41) is 14.9. The molecule has 0 radical (unpaired) electrons. The second kappa shape index (κ2) is 6.26. The minimum atomic E-state index is -0.964. The first-order valence-corrected chi connectivity index (χ1v) is 7.31. The number of halogens is 2. The summed E-state index contributed by atoms with van der Waals surface area (Å²) in [5.41, 5.74) is 2.92. The first kappa shape index (κ1) is 15.3. The molecule has 0 aromatic heterocycles. The second-order valence-corrected chi connectivity index (χ2v) is 5.75. The van der Waals surface area contributed by atoms with Crippen molar-refractivity contribution < 1.29 is 9.68 Å². The van der Waals surface area contributed by atoms with E-state index in [2.05, 4.69) is 5.29 Å². The third-order valence-electron chi connectivity index (χ3n) is 3.51. The molecule has 3 rings (SSSR count). The van der Waals surface area contributed by atoms with Crippen LogP contribution in [0.4, 0.5) is 5.69 Å². The van der Waals surface area contributed by atoms with Gasteiger partial charge in [0, 0.05) is 0 Å². The number of rotatable bonds is 4. The van der Waals surface area contributed by atoms with Crippen molar-refractivity contribution in [1.29, 1.82) is 0 Å². The summed E-state index contributed by atoms with van der Waals surface area (Å²) in [7, 11) is -0.964. The Balaban J connectivity index is 1.86. The van der Waals surface area contributed by atoms with E-state index in [1.165, 1.54) is 5.01 Å². The minimum absolute atomic E-state index is 0.246. The standard InChI is InChI=1S/C14H11BCl2N2O3/c16-13-4-1-9(5-14(13)17)7-19(18-21)11-3-2-10-8-22-15(20)12(10)6-11/h1-6,20H,7-8H2. The Bertz CT molecular complexity index is 729. The summed E-state index contributed by atoms with van der Waals surface area (Å²) in [4.78, 5) is 11.2. The third-order valence-corrected chi connectivity index (χ3v) is 4.24. The molecule has 2 aromatic rings. The largest absolute Gasteiger partial charge is 0.491 e. The summed E-state index contributed by atoms with van der Waals surface area (Å²) in [6, 6.07) is 10.4. The molecular formula is C14H11BCl2N2O3. The maximum absolute atomic E-state index is 11.2. The predicted molar refractivity (Wildman–Crippen MR) is 87.3 cm³/mol. The van der Waals surface area contributed by atoms with Crippen LogP contribution in [-0.4, -0.2) is 12.1 Å². The molecule has 112 valence electrons. The van der Waals surface area contributed by atoms with Crippen molar-refractivity contribution in [2.75, 3.05) is 5.01 Å². The van der Waals surface area contributed by atoms with Crippen LogP contribution in [0.3, 0.4) is 0 Å². The van der Waals surface area contributed by atoms with Crippen LogP contribution < -0.4 is 10.5 Å². The molecule has 0 spiro atoms. The Morgan fingerprint density at radius 3 is 2.77 bits per heavy atom. The lowest BCUT2D eigenvalue weighted by molar-refractivity contribution is 0.275. The molecule has 1 heterocycles. The molecule has 0 saturated carbocycles. The van der Waals surface area contributed by atoms with Crippen LogP contribution in [0.1, 0.15) is 11.1 Å². The van der Waals surface area contributed by atoms with Crippen LogP contribution in [0.5, 0.6) is 0 Å². The number of nitroso groups, excluding NO2 is 1. The fourth-order valence-electron chi connectivity index (χ4n) is 2.34. The molecule has 0 saturated heterocycles. The van der Waals surface area contributed by atoms with Gasteiger partial charge in [0.1, 0.15) is 0 Å². The van der Waals surface area contributed by atoms with Crippen molar-refractivity contribution in [3.8, 4) is 0 Å².